The first-order valence-corrected chi connectivity index (χ1v) is 5.67. The van der Waals surface area contributed by atoms with Crippen molar-refractivity contribution in [3.8, 4) is 5.69 Å². The van der Waals surface area contributed by atoms with Gasteiger partial charge < -0.3 is 4.57 Å². The predicted octanol–water partition coefficient (Wildman–Crippen LogP) is 2.80. The maximum absolute atomic E-state index is 13.7. The molecular formula is C13H8ClF2NO2. The molecule has 0 spiro atoms. The molecule has 0 atom stereocenters. The summed E-state index contributed by atoms with van der Waals surface area (Å²) in [5, 5.41) is -0.976. The van der Waals surface area contributed by atoms with E-state index in [2.05, 4.69) is 0 Å². The third kappa shape index (κ3) is 2.42. The summed E-state index contributed by atoms with van der Waals surface area (Å²) in [5.41, 5.74) is -1.00. The molecule has 98 valence electrons. The average Bonchev–Trinajstić information content (AvgIpc) is 2.30. The van der Waals surface area contributed by atoms with E-state index in [4.69, 9.17) is 11.6 Å². The maximum Gasteiger partial charge on any atom is 0.257 e. The number of hydrogen-bond donors (Lipinski definition) is 0. The lowest BCUT2D eigenvalue weighted by atomic mass is 10.2. The molecule has 2 aromatic rings. The normalized spacial score (nSPS) is 10.5. The van der Waals surface area contributed by atoms with Gasteiger partial charge in [-0.05, 0) is 30.7 Å². The minimum Gasteiger partial charge on any atom is -0.315 e. The number of rotatable bonds is 2. The second-order valence-electron chi connectivity index (χ2n) is 3.91. The summed E-state index contributed by atoms with van der Waals surface area (Å²) in [7, 11) is 0. The summed E-state index contributed by atoms with van der Waals surface area (Å²) in [4.78, 5) is 22.6. The first-order valence-electron chi connectivity index (χ1n) is 5.29. The molecule has 1 heterocycles. The molecule has 0 aliphatic carbocycles. The van der Waals surface area contributed by atoms with Gasteiger partial charge in [-0.2, -0.15) is 0 Å². The molecule has 19 heavy (non-hydrogen) atoms. The topological polar surface area (TPSA) is 39.1 Å². The second kappa shape index (κ2) is 4.93. The van der Waals surface area contributed by atoms with Gasteiger partial charge in [0.15, 0.2) is 5.43 Å². The molecule has 6 heteroatoms. The minimum atomic E-state index is -0.976. The number of aromatic nitrogens is 1. The zero-order valence-corrected chi connectivity index (χ0v) is 10.5. The molecule has 0 saturated carbocycles. The van der Waals surface area contributed by atoms with Crippen LogP contribution in [0.25, 0.3) is 5.69 Å². The molecule has 0 aliphatic heterocycles. The molecule has 0 radical (unpaired) electrons. The van der Waals surface area contributed by atoms with Crippen molar-refractivity contribution in [2.24, 2.45) is 0 Å². The number of hydrogen-bond acceptors (Lipinski definition) is 2. The van der Waals surface area contributed by atoms with Crippen molar-refractivity contribution < 1.29 is 13.6 Å². The Bertz CT molecular complexity index is 705. The second-order valence-corrected chi connectivity index (χ2v) is 4.25. The van der Waals surface area contributed by atoms with Gasteiger partial charge in [-0.25, -0.2) is 8.78 Å². The van der Waals surface area contributed by atoms with E-state index < -0.39 is 22.3 Å². The van der Waals surface area contributed by atoms with Gasteiger partial charge in [-0.3, -0.25) is 9.59 Å². The van der Waals surface area contributed by atoms with Crippen molar-refractivity contribution in [3.05, 3.63) is 63.6 Å². The monoisotopic (exact) mass is 283 g/mol. The van der Waals surface area contributed by atoms with Crippen molar-refractivity contribution >= 4 is 16.8 Å². The fraction of sp³-hybridized carbons (Fsp3) is 0.0769. The first-order chi connectivity index (χ1) is 8.91. The molecule has 0 aliphatic rings. The standard InChI is InChI=1S/C13H8ClF2NO2/c1-7-5-11(18)8(13(14)19)6-17(7)12-9(15)3-2-4-10(12)16/h2-6H,1H3. The Kier molecular flexibility index (Phi) is 3.48. The number of aryl methyl sites for hydroxylation is 1. The van der Waals surface area contributed by atoms with Crippen LogP contribution >= 0.6 is 11.6 Å². The van der Waals surface area contributed by atoms with Crippen LogP contribution in [0.15, 0.2) is 35.3 Å². The summed E-state index contributed by atoms with van der Waals surface area (Å²) in [6.07, 6.45) is 1.04. The van der Waals surface area contributed by atoms with Crippen LogP contribution in [-0.2, 0) is 0 Å². The smallest absolute Gasteiger partial charge is 0.257 e. The average molecular weight is 284 g/mol. The Morgan fingerprint density at radius 2 is 1.84 bits per heavy atom. The maximum atomic E-state index is 13.7. The van der Waals surface area contributed by atoms with Crippen LogP contribution in [0.3, 0.4) is 0 Å². The number of para-hydroxylation sites is 1. The highest BCUT2D eigenvalue weighted by atomic mass is 35.5. The Labute approximate surface area is 112 Å². The fourth-order valence-electron chi connectivity index (χ4n) is 1.74. The van der Waals surface area contributed by atoms with E-state index in [1.165, 1.54) is 13.0 Å². The van der Waals surface area contributed by atoms with Gasteiger partial charge in [0.2, 0.25) is 0 Å². The van der Waals surface area contributed by atoms with Crippen LogP contribution in [0.2, 0.25) is 0 Å². The molecular weight excluding hydrogens is 276 g/mol. The van der Waals surface area contributed by atoms with Crippen LogP contribution in [0.5, 0.6) is 0 Å². The molecule has 0 N–H and O–H groups in total. The Hall–Kier alpha value is -2.01. The van der Waals surface area contributed by atoms with Gasteiger partial charge in [0.05, 0.1) is 5.56 Å². The third-order valence-electron chi connectivity index (χ3n) is 2.63. The van der Waals surface area contributed by atoms with E-state index in [-0.39, 0.29) is 16.9 Å². The third-order valence-corrected chi connectivity index (χ3v) is 2.84. The summed E-state index contributed by atoms with van der Waals surface area (Å²) in [6.45, 7) is 1.50. The Balaban J connectivity index is 2.80. The number of halogens is 3. The van der Waals surface area contributed by atoms with Crippen molar-refractivity contribution in [3.63, 3.8) is 0 Å². The van der Waals surface area contributed by atoms with Crippen molar-refractivity contribution in [2.45, 2.75) is 6.92 Å². The number of benzene rings is 1. The van der Waals surface area contributed by atoms with Crippen molar-refractivity contribution in [2.75, 3.05) is 0 Å². The van der Waals surface area contributed by atoms with Gasteiger partial charge in [0, 0.05) is 18.0 Å². The van der Waals surface area contributed by atoms with Crippen LogP contribution < -0.4 is 5.43 Å². The molecule has 0 unspecified atom stereocenters. The summed E-state index contributed by atoms with van der Waals surface area (Å²) in [6, 6.07) is 4.48. The SMILES string of the molecule is Cc1cc(=O)c(C(=O)Cl)cn1-c1c(F)cccc1F. The first kappa shape index (κ1) is 13.4. The Morgan fingerprint density at radius 3 is 2.37 bits per heavy atom. The summed E-state index contributed by atoms with van der Waals surface area (Å²) in [5.74, 6) is -1.61. The van der Waals surface area contributed by atoms with E-state index >= 15 is 0 Å². The van der Waals surface area contributed by atoms with Crippen LogP contribution in [-0.4, -0.2) is 9.81 Å². The van der Waals surface area contributed by atoms with E-state index in [0.29, 0.717) is 0 Å². The zero-order chi connectivity index (χ0) is 14.2. The largest absolute Gasteiger partial charge is 0.315 e. The molecule has 1 aromatic heterocycles. The highest BCUT2D eigenvalue weighted by Gasteiger charge is 2.15. The van der Waals surface area contributed by atoms with Gasteiger partial charge in [0.1, 0.15) is 17.3 Å². The quantitative estimate of drug-likeness (QED) is 0.795. The lowest BCUT2D eigenvalue weighted by Crippen LogP contribution is -2.17. The van der Waals surface area contributed by atoms with Crippen LogP contribution in [0.4, 0.5) is 8.78 Å². The van der Waals surface area contributed by atoms with Crippen molar-refractivity contribution in [1.29, 1.82) is 0 Å². The number of carbonyl (C=O) groups excluding carboxylic acids is 1. The Morgan fingerprint density at radius 1 is 1.26 bits per heavy atom. The lowest BCUT2D eigenvalue weighted by Gasteiger charge is -2.13. The van der Waals surface area contributed by atoms with Crippen LogP contribution in [0.1, 0.15) is 16.1 Å². The molecule has 2 rings (SSSR count). The summed E-state index contributed by atoms with van der Waals surface area (Å²) < 4.78 is 28.5. The van der Waals surface area contributed by atoms with E-state index in [1.807, 2.05) is 0 Å². The molecule has 0 saturated heterocycles. The summed E-state index contributed by atoms with van der Waals surface area (Å²) >= 11 is 5.26. The molecule has 0 amide bonds. The van der Waals surface area contributed by atoms with Gasteiger partial charge in [0.25, 0.3) is 5.24 Å². The van der Waals surface area contributed by atoms with Crippen LogP contribution in [0, 0.1) is 18.6 Å². The number of carbonyl (C=O) groups is 1. The highest BCUT2D eigenvalue weighted by Crippen LogP contribution is 2.19. The zero-order valence-electron chi connectivity index (χ0n) is 9.78. The van der Waals surface area contributed by atoms with Gasteiger partial charge in [-0.15, -0.1) is 0 Å². The van der Waals surface area contributed by atoms with E-state index in [9.17, 15) is 18.4 Å². The highest BCUT2D eigenvalue weighted by molar-refractivity contribution is 6.67. The molecule has 3 nitrogen and oxygen atoms in total. The van der Waals surface area contributed by atoms with Gasteiger partial charge >= 0.3 is 0 Å². The van der Waals surface area contributed by atoms with E-state index in [0.717, 1.165) is 29.0 Å². The van der Waals surface area contributed by atoms with E-state index in [1.54, 1.807) is 0 Å². The van der Waals surface area contributed by atoms with Gasteiger partial charge in [-0.1, -0.05) is 6.07 Å². The lowest BCUT2D eigenvalue weighted by molar-refractivity contribution is 0.108. The minimum absolute atomic E-state index is 0.288. The number of pyridine rings is 1. The molecule has 0 bridgehead atoms. The number of nitrogens with zero attached hydrogens (tertiary/aromatic N) is 1. The van der Waals surface area contributed by atoms with Crippen molar-refractivity contribution in [1.82, 2.24) is 4.57 Å². The molecule has 1 aromatic carbocycles. The molecule has 0 fully saturated rings. The fourth-order valence-corrected chi connectivity index (χ4v) is 1.88. The predicted molar refractivity (Wildman–Crippen MR) is 66.9 cm³/mol.